The number of anilines is 1. The Labute approximate surface area is 145 Å². The molecule has 2 fully saturated rings. The zero-order valence-electron chi connectivity index (χ0n) is 13.8. The van der Waals surface area contributed by atoms with Gasteiger partial charge in [0, 0.05) is 49.5 Å². The van der Waals surface area contributed by atoms with Gasteiger partial charge in [0.15, 0.2) is 0 Å². The molecule has 0 aliphatic carbocycles. The fourth-order valence-corrected chi connectivity index (χ4v) is 4.86. The molecule has 3 N–H and O–H groups in total. The predicted octanol–water partition coefficient (Wildman–Crippen LogP) is 0.419. The minimum absolute atomic E-state index is 0.0279. The molecule has 0 amide bonds. The van der Waals surface area contributed by atoms with Crippen LogP contribution in [0.4, 0.5) is 5.69 Å². The van der Waals surface area contributed by atoms with E-state index in [-0.39, 0.29) is 11.0 Å². The zero-order chi connectivity index (χ0) is 17.7. The number of hydrogen-bond donors (Lipinski definition) is 2. The van der Waals surface area contributed by atoms with Gasteiger partial charge >= 0.3 is 0 Å². The lowest BCUT2D eigenvalue weighted by Crippen LogP contribution is -2.43. The molecule has 2 aromatic rings. The summed E-state index contributed by atoms with van der Waals surface area (Å²) in [5.41, 5.74) is 1.51. The van der Waals surface area contributed by atoms with E-state index >= 15 is 0 Å². The molecule has 0 radical (unpaired) electrons. The monoisotopic (exact) mass is 363 g/mol. The van der Waals surface area contributed by atoms with Crippen molar-refractivity contribution in [1.82, 2.24) is 14.3 Å². The molecule has 25 heavy (non-hydrogen) atoms. The Morgan fingerprint density at radius 3 is 2.52 bits per heavy atom. The van der Waals surface area contributed by atoms with Crippen molar-refractivity contribution in [2.24, 2.45) is 10.6 Å². The average Bonchev–Trinajstić information content (AvgIpc) is 2.99. The fourth-order valence-electron chi connectivity index (χ4n) is 4.06. The van der Waals surface area contributed by atoms with E-state index < -0.39 is 10.2 Å². The molecule has 4 rings (SSSR count). The Hall–Kier alpha value is -1.97. The van der Waals surface area contributed by atoms with E-state index in [9.17, 15) is 13.2 Å². The van der Waals surface area contributed by atoms with E-state index in [4.69, 9.17) is 5.14 Å². The van der Waals surface area contributed by atoms with Gasteiger partial charge in [0.1, 0.15) is 5.65 Å². The molecule has 0 aromatic carbocycles. The molecule has 8 nitrogen and oxygen atoms in total. The summed E-state index contributed by atoms with van der Waals surface area (Å²) in [5, 5.41) is 6.20. The molecular formula is C16H21N5O3S. The highest BCUT2D eigenvalue weighted by Gasteiger charge is 2.43. The molecule has 0 atom stereocenters. The van der Waals surface area contributed by atoms with Crippen LogP contribution in [0.2, 0.25) is 0 Å². The van der Waals surface area contributed by atoms with E-state index in [2.05, 4.69) is 14.9 Å². The molecule has 2 aliphatic heterocycles. The van der Waals surface area contributed by atoms with E-state index in [1.807, 2.05) is 6.07 Å². The number of nitrogens with one attached hydrogen (secondary N) is 1. The highest BCUT2D eigenvalue weighted by atomic mass is 32.2. The standard InChI is InChI=1S/C16H21N5O3S/c17-25(23,24)21-10-6-16(11-21)4-8-20(9-5-16)13-3-7-18-15-12(13)1-2-14(22)19-15/h1-3,7H,4-6,8-11H2,(H2,17,23,24)(H,18,19,22). The number of nitrogens with two attached hydrogens (primary N) is 1. The van der Waals surface area contributed by atoms with E-state index in [1.54, 1.807) is 12.3 Å². The minimum Gasteiger partial charge on any atom is -0.371 e. The summed E-state index contributed by atoms with van der Waals surface area (Å²) < 4.78 is 24.6. The number of piperidine rings is 1. The van der Waals surface area contributed by atoms with Crippen molar-refractivity contribution in [2.45, 2.75) is 19.3 Å². The molecule has 1 spiro atoms. The zero-order valence-corrected chi connectivity index (χ0v) is 14.6. The molecule has 4 heterocycles. The lowest BCUT2D eigenvalue weighted by molar-refractivity contribution is 0.235. The number of hydrogen-bond acceptors (Lipinski definition) is 5. The fraction of sp³-hybridized carbons (Fsp3) is 0.500. The highest BCUT2D eigenvalue weighted by Crippen LogP contribution is 2.42. The van der Waals surface area contributed by atoms with Crippen LogP contribution in [0.15, 0.2) is 29.2 Å². The first-order chi connectivity index (χ1) is 11.9. The van der Waals surface area contributed by atoms with Crippen molar-refractivity contribution in [3.8, 4) is 0 Å². The van der Waals surface area contributed by atoms with E-state index in [0.717, 1.165) is 43.4 Å². The third-order valence-corrected chi connectivity index (χ3v) is 6.57. The predicted molar refractivity (Wildman–Crippen MR) is 95.5 cm³/mol. The molecule has 2 aromatic heterocycles. The number of nitrogens with zero attached hydrogens (tertiary/aromatic N) is 3. The van der Waals surface area contributed by atoms with Crippen LogP contribution in [-0.2, 0) is 10.2 Å². The molecule has 9 heteroatoms. The topological polar surface area (TPSA) is 112 Å². The summed E-state index contributed by atoms with van der Waals surface area (Å²) in [7, 11) is -3.60. The summed E-state index contributed by atoms with van der Waals surface area (Å²) >= 11 is 0. The van der Waals surface area contributed by atoms with Crippen LogP contribution in [0.1, 0.15) is 19.3 Å². The number of H-pyrrole nitrogens is 1. The lowest BCUT2D eigenvalue weighted by Gasteiger charge is -2.40. The lowest BCUT2D eigenvalue weighted by atomic mass is 9.77. The van der Waals surface area contributed by atoms with Gasteiger partial charge in [-0.15, -0.1) is 0 Å². The maximum absolute atomic E-state index is 11.6. The molecule has 2 saturated heterocycles. The summed E-state index contributed by atoms with van der Waals surface area (Å²) in [6.07, 6.45) is 4.41. The number of rotatable bonds is 2. The summed E-state index contributed by atoms with van der Waals surface area (Å²) in [6, 6.07) is 5.28. The summed E-state index contributed by atoms with van der Waals surface area (Å²) in [6.45, 7) is 2.72. The molecule has 0 bridgehead atoms. The maximum Gasteiger partial charge on any atom is 0.276 e. The quantitative estimate of drug-likeness (QED) is 0.803. The van der Waals surface area contributed by atoms with Gasteiger partial charge in [-0.25, -0.2) is 10.1 Å². The SMILES string of the molecule is NS(=O)(=O)N1CCC2(CCN(c3ccnc4[nH]c(=O)ccc34)CC2)C1. The van der Waals surface area contributed by atoms with Crippen LogP contribution in [-0.4, -0.2) is 48.9 Å². The van der Waals surface area contributed by atoms with Crippen LogP contribution in [0.5, 0.6) is 0 Å². The van der Waals surface area contributed by atoms with Crippen molar-refractivity contribution < 1.29 is 8.42 Å². The van der Waals surface area contributed by atoms with Crippen molar-refractivity contribution in [1.29, 1.82) is 0 Å². The van der Waals surface area contributed by atoms with Crippen molar-refractivity contribution >= 4 is 26.9 Å². The largest absolute Gasteiger partial charge is 0.371 e. The number of aromatic nitrogens is 2. The number of pyridine rings is 2. The van der Waals surface area contributed by atoms with Crippen molar-refractivity contribution in [2.75, 3.05) is 31.1 Å². The van der Waals surface area contributed by atoms with Gasteiger partial charge in [0.25, 0.3) is 10.2 Å². The Morgan fingerprint density at radius 1 is 1.12 bits per heavy atom. The molecule has 2 aliphatic rings. The Morgan fingerprint density at radius 2 is 1.84 bits per heavy atom. The smallest absolute Gasteiger partial charge is 0.276 e. The van der Waals surface area contributed by atoms with Gasteiger partial charge < -0.3 is 9.88 Å². The molecule has 0 saturated carbocycles. The normalized spacial score (nSPS) is 21.2. The van der Waals surface area contributed by atoms with Gasteiger partial charge in [-0.05, 0) is 36.8 Å². The summed E-state index contributed by atoms with van der Waals surface area (Å²) in [4.78, 5) is 20.8. The second-order valence-corrected chi connectivity index (χ2v) is 8.58. The van der Waals surface area contributed by atoms with Crippen molar-refractivity contribution in [3.63, 3.8) is 0 Å². The first-order valence-corrected chi connectivity index (χ1v) is 9.88. The van der Waals surface area contributed by atoms with Crippen LogP contribution >= 0.6 is 0 Å². The van der Waals surface area contributed by atoms with Gasteiger partial charge in [0.05, 0.1) is 0 Å². The third kappa shape index (κ3) is 3.03. The Kier molecular flexibility index (Phi) is 3.82. The van der Waals surface area contributed by atoms with Crippen LogP contribution < -0.4 is 15.6 Å². The molecule has 0 unspecified atom stereocenters. The maximum atomic E-state index is 11.6. The average molecular weight is 363 g/mol. The van der Waals surface area contributed by atoms with Crippen molar-refractivity contribution in [3.05, 3.63) is 34.7 Å². The first-order valence-electron chi connectivity index (χ1n) is 8.37. The van der Waals surface area contributed by atoms with Gasteiger partial charge in [-0.3, -0.25) is 4.79 Å². The van der Waals surface area contributed by atoms with Gasteiger partial charge in [0.2, 0.25) is 5.56 Å². The van der Waals surface area contributed by atoms with Crippen LogP contribution in [0.3, 0.4) is 0 Å². The van der Waals surface area contributed by atoms with E-state index in [1.165, 1.54) is 10.4 Å². The Bertz CT molecular complexity index is 963. The Balaban J connectivity index is 1.54. The highest BCUT2D eigenvalue weighted by molar-refractivity contribution is 7.86. The second-order valence-electron chi connectivity index (χ2n) is 7.03. The number of fused-ring (bicyclic) bond motifs is 1. The third-order valence-electron chi connectivity index (χ3n) is 5.54. The van der Waals surface area contributed by atoms with Gasteiger partial charge in [-0.2, -0.15) is 12.7 Å². The minimum atomic E-state index is -3.60. The molecular weight excluding hydrogens is 342 g/mol. The summed E-state index contributed by atoms with van der Waals surface area (Å²) in [5.74, 6) is 0. The van der Waals surface area contributed by atoms with E-state index in [0.29, 0.717) is 18.7 Å². The number of aromatic amines is 1. The van der Waals surface area contributed by atoms with Crippen LogP contribution in [0.25, 0.3) is 11.0 Å². The first kappa shape index (κ1) is 16.5. The molecule has 134 valence electrons. The van der Waals surface area contributed by atoms with Crippen LogP contribution in [0, 0.1) is 5.41 Å². The second kappa shape index (κ2) is 5.79. The van der Waals surface area contributed by atoms with Gasteiger partial charge in [-0.1, -0.05) is 0 Å².